The molecule has 21 heavy (non-hydrogen) atoms. The van der Waals surface area contributed by atoms with Crippen molar-refractivity contribution in [3.05, 3.63) is 43.7 Å². The van der Waals surface area contributed by atoms with Gasteiger partial charge in [0.2, 0.25) is 0 Å². The third kappa shape index (κ3) is 3.89. The normalized spacial score (nSPS) is 19.5. The molecule has 0 amide bonds. The van der Waals surface area contributed by atoms with Gasteiger partial charge in [0.05, 0.1) is 10.4 Å². The van der Waals surface area contributed by atoms with Crippen LogP contribution < -0.4 is 5.32 Å². The highest BCUT2D eigenvalue weighted by atomic mass is 35.5. The summed E-state index contributed by atoms with van der Waals surface area (Å²) >= 11 is 9.66. The fraction of sp³-hybridized carbons (Fsp3) is 0.529. The molecule has 4 heteroatoms. The fourth-order valence-corrected chi connectivity index (χ4v) is 5.29. The van der Waals surface area contributed by atoms with Crippen LogP contribution in [0.15, 0.2) is 29.6 Å². The molecule has 1 aliphatic carbocycles. The number of hydrogen-bond donors (Lipinski definition) is 1. The minimum Gasteiger partial charge on any atom is -0.302 e. The van der Waals surface area contributed by atoms with Gasteiger partial charge >= 0.3 is 0 Å². The summed E-state index contributed by atoms with van der Waals surface area (Å²) in [6.07, 6.45) is 6.95. The minimum atomic E-state index is 0.291. The summed E-state index contributed by atoms with van der Waals surface area (Å²) in [7, 11) is 0. The maximum absolute atomic E-state index is 6.15. The predicted octanol–water partition coefficient (Wildman–Crippen LogP) is 6.11. The molecule has 0 radical (unpaired) electrons. The second-order valence-corrected chi connectivity index (χ2v) is 8.67. The molecule has 1 nitrogen and oxygen atoms in total. The van der Waals surface area contributed by atoms with Gasteiger partial charge in [-0.2, -0.15) is 0 Å². The van der Waals surface area contributed by atoms with Gasteiger partial charge < -0.3 is 5.32 Å². The molecule has 0 spiro atoms. The van der Waals surface area contributed by atoms with E-state index in [1.165, 1.54) is 41.9 Å². The zero-order valence-corrected chi connectivity index (χ0v) is 14.7. The second kappa shape index (κ2) is 7.28. The molecule has 1 aliphatic rings. The van der Waals surface area contributed by atoms with Crippen LogP contribution in [0.2, 0.25) is 4.34 Å². The van der Waals surface area contributed by atoms with Gasteiger partial charge in [0.15, 0.2) is 0 Å². The zero-order valence-electron chi connectivity index (χ0n) is 12.3. The van der Waals surface area contributed by atoms with Crippen LogP contribution in [0.1, 0.15) is 54.8 Å². The van der Waals surface area contributed by atoms with Gasteiger partial charge in [-0.05, 0) is 49.3 Å². The molecule has 0 aromatic carbocycles. The van der Waals surface area contributed by atoms with E-state index in [2.05, 4.69) is 35.8 Å². The molecule has 1 N–H and O–H groups in total. The van der Waals surface area contributed by atoms with Crippen molar-refractivity contribution in [3.63, 3.8) is 0 Å². The standard InChI is InChI=1S/C17H22ClNS2/c1-12(13-6-3-2-4-7-13)19-17(14-8-5-11-20-14)15-9-10-16(18)21-15/h5,8-13,17,19H,2-4,6-7H2,1H3. The van der Waals surface area contributed by atoms with E-state index in [0.29, 0.717) is 12.1 Å². The number of hydrogen-bond acceptors (Lipinski definition) is 3. The number of nitrogens with one attached hydrogen (secondary N) is 1. The molecule has 3 rings (SSSR count). The van der Waals surface area contributed by atoms with Crippen LogP contribution in [0.4, 0.5) is 0 Å². The highest BCUT2D eigenvalue weighted by Crippen LogP contribution is 2.35. The molecule has 0 bridgehead atoms. The largest absolute Gasteiger partial charge is 0.302 e. The SMILES string of the molecule is CC(NC(c1cccs1)c1ccc(Cl)s1)C1CCCCC1. The van der Waals surface area contributed by atoms with Crippen molar-refractivity contribution in [2.75, 3.05) is 0 Å². The summed E-state index contributed by atoms with van der Waals surface area (Å²) in [5, 5.41) is 6.04. The first-order valence-corrected chi connectivity index (χ1v) is 9.86. The summed E-state index contributed by atoms with van der Waals surface area (Å²) in [5.41, 5.74) is 0. The molecular weight excluding hydrogens is 318 g/mol. The Morgan fingerprint density at radius 1 is 1.14 bits per heavy atom. The van der Waals surface area contributed by atoms with E-state index >= 15 is 0 Å². The summed E-state index contributed by atoms with van der Waals surface area (Å²) in [4.78, 5) is 2.71. The molecule has 2 aromatic heterocycles. The van der Waals surface area contributed by atoms with Gasteiger partial charge in [0.25, 0.3) is 0 Å². The summed E-state index contributed by atoms with van der Waals surface area (Å²) in [6.45, 7) is 2.35. The van der Waals surface area contributed by atoms with Gasteiger partial charge in [0, 0.05) is 15.8 Å². The first-order valence-electron chi connectivity index (χ1n) is 7.78. The Morgan fingerprint density at radius 3 is 2.57 bits per heavy atom. The summed E-state index contributed by atoms with van der Waals surface area (Å²) in [5.74, 6) is 0.816. The highest BCUT2D eigenvalue weighted by Gasteiger charge is 2.25. The van der Waals surface area contributed by atoms with Gasteiger partial charge in [0.1, 0.15) is 0 Å². The first kappa shape index (κ1) is 15.5. The Bertz CT molecular complexity index is 543. The Hall–Kier alpha value is -0.350. The topological polar surface area (TPSA) is 12.0 Å². The molecular formula is C17H22ClNS2. The lowest BCUT2D eigenvalue weighted by Crippen LogP contribution is -2.37. The maximum Gasteiger partial charge on any atom is 0.0931 e. The van der Waals surface area contributed by atoms with Crippen LogP contribution in [0.5, 0.6) is 0 Å². The number of thiophene rings is 2. The lowest BCUT2D eigenvalue weighted by molar-refractivity contribution is 0.273. The molecule has 114 valence electrons. The molecule has 1 saturated carbocycles. The number of rotatable bonds is 5. The average molecular weight is 340 g/mol. The third-order valence-corrected chi connectivity index (χ3v) is 6.73. The lowest BCUT2D eigenvalue weighted by atomic mass is 9.84. The fourth-order valence-electron chi connectivity index (χ4n) is 3.28. The highest BCUT2D eigenvalue weighted by molar-refractivity contribution is 7.16. The number of halogens is 1. The van der Waals surface area contributed by atoms with Crippen molar-refractivity contribution in [2.45, 2.75) is 51.1 Å². The molecule has 2 heterocycles. The van der Waals surface area contributed by atoms with E-state index in [0.717, 1.165) is 10.3 Å². The summed E-state index contributed by atoms with van der Waals surface area (Å²) in [6, 6.07) is 9.38. The van der Waals surface area contributed by atoms with Gasteiger partial charge in [-0.15, -0.1) is 22.7 Å². The van der Waals surface area contributed by atoms with E-state index in [1.54, 1.807) is 11.3 Å². The van der Waals surface area contributed by atoms with Crippen LogP contribution in [-0.2, 0) is 0 Å². The van der Waals surface area contributed by atoms with Gasteiger partial charge in [-0.25, -0.2) is 0 Å². The average Bonchev–Trinajstić information content (AvgIpc) is 3.17. The van der Waals surface area contributed by atoms with Crippen LogP contribution in [0.25, 0.3) is 0 Å². The Kier molecular flexibility index (Phi) is 5.38. The van der Waals surface area contributed by atoms with Crippen molar-refractivity contribution < 1.29 is 0 Å². The molecule has 2 atom stereocenters. The quantitative estimate of drug-likeness (QED) is 0.692. The lowest BCUT2D eigenvalue weighted by Gasteiger charge is -2.31. The first-order chi connectivity index (χ1) is 10.2. The van der Waals surface area contributed by atoms with Crippen molar-refractivity contribution in [1.82, 2.24) is 5.32 Å². The van der Waals surface area contributed by atoms with Gasteiger partial charge in [-0.3, -0.25) is 0 Å². The zero-order chi connectivity index (χ0) is 14.7. The molecule has 2 unspecified atom stereocenters. The van der Waals surface area contributed by atoms with Crippen LogP contribution in [0.3, 0.4) is 0 Å². The van der Waals surface area contributed by atoms with E-state index in [4.69, 9.17) is 11.6 Å². The van der Waals surface area contributed by atoms with Gasteiger partial charge in [-0.1, -0.05) is 36.9 Å². The summed E-state index contributed by atoms with van der Waals surface area (Å²) < 4.78 is 0.874. The monoisotopic (exact) mass is 339 g/mol. The minimum absolute atomic E-state index is 0.291. The molecule has 0 aliphatic heterocycles. The Balaban J connectivity index is 1.76. The molecule has 2 aromatic rings. The molecule has 0 saturated heterocycles. The van der Waals surface area contributed by atoms with E-state index in [-0.39, 0.29) is 0 Å². The van der Waals surface area contributed by atoms with Crippen molar-refractivity contribution in [2.24, 2.45) is 5.92 Å². The smallest absolute Gasteiger partial charge is 0.0931 e. The van der Waals surface area contributed by atoms with Crippen molar-refractivity contribution in [3.8, 4) is 0 Å². The van der Waals surface area contributed by atoms with E-state index in [9.17, 15) is 0 Å². The third-order valence-electron chi connectivity index (χ3n) is 4.49. The maximum atomic E-state index is 6.15. The van der Waals surface area contributed by atoms with Crippen LogP contribution in [-0.4, -0.2) is 6.04 Å². The Labute approximate surface area is 140 Å². The van der Waals surface area contributed by atoms with Crippen LogP contribution >= 0.6 is 34.3 Å². The van der Waals surface area contributed by atoms with E-state index in [1.807, 2.05) is 17.4 Å². The molecule has 1 fully saturated rings. The van der Waals surface area contributed by atoms with E-state index < -0.39 is 0 Å². The van der Waals surface area contributed by atoms with Crippen LogP contribution in [0, 0.1) is 5.92 Å². The second-order valence-electron chi connectivity index (χ2n) is 5.94. The Morgan fingerprint density at radius 2 is 1.95 bits per heavy atom. The predicted molar refractivity (Wildman–Crippen MR) is 94.7 cm³/mol. The van der Waals surface area contributed by atoms with Crippen molar-refractivity contribution >= 4 is 34.3 Å². The van der Waals surface area contributed by atoms with Crippen molar-refractivity contribution in [1.29, 1.82) is 0 Å².